The summed E-state index contributed by atoms with van der Waals surface area (Å²) in [5, 5.41) is 2.99. The Morgan fingerprint density at radius 3 is 2.58 bits per heavy atom. The first-order chi connectivity index (χ1) is 9.02. The van der Waals surface area contributed by atoms with Gasteiger partial charge in [-0.2, -0.15) is 0 Å². The van der Waals surface area contributed by atoms with E-state index in [0.29, 0.717) is 0 Å². The summed E-state index contributed by atoms with van der Waals surface area (Å²) in [6.07, 6.45) is -0.678. The van der Waals surface area contributed by atoms with E-state index >= 15 is 0 Å². The number of benzene rings is 1. The second-order valence-corrected chi connectivity index (χ2v) is 4.07. The maximum absolute atomic E-state index is 11.5. The molecular formula is C13H19N3O3. The number of amides is 2. The predicted octanol–water partition coefficient (Wildman–Crippen LogP) is 1.49. The summed E-state index contributed by atoms with van der Waals surface area (Å²) in [5.74, 6) is -0.354. The van der Waals surface area contributed by atoms with Gasteiger partial charge in [-0.3, -0.25) is 10.2 Å². The Morgan fingerprint density at radius 2 is 1.95 bits per heavy atom. The Bertz CT molecular complexity index is 460. The topological polar surface area (TPSA) is 79.5 Å². The van der Waals surface area contributed by atoms with Crippen LogP contribution < -0.4 is 16.2 Å². The van der Waals surface area contributed by atoms with E-state index in [1.54, 1.807) is 6.92 Å². The number of rotatable bonds is 4. The number of carbonyl (C=O) groups is 2. The quantitative estimate of drug-likeness (QED) is 0.721. The van der Waals surface area contributed by atoms with E-state index in [0.717, 1.165) is 16.8 Å². The highest BCUT2D eigenvalue weighted by molar-refractivity contribution is 5.82. The van der Waals surface area contributed by atoms with E-state index in [2.05, 4.69) is 20.9 Å². The zero-order valence-corrected chi connectivity index (χ0v) is 11.4. The van der Waals surface area contributed by atoms with Gasteiger partial charge in [0.15, 0.2) is 0 Å². The molecule has 1 rings (SSSR count). The number of nitrogens with one attached hydrogen (secondary N) is 3. The predicted molar refractivity (Wildman–Crippen MR) is 72.7 cm³/mol. The van der Waals surface area contributed by atoms with Gasteiger partial charge in [0.2, 0.25) is 0 Å². The minimum absolute atomic E-state index is 0.0658. The van der Waals surface area contributed by atoms with Gasteiger partial charge in [-0.25, -0.2) is 10.2 Å². The average Bonchev–Trinajstić information content (AvgIpc) is 2.35. The fraction of sp³-hybridized carbons (Fsp3) is 0.385. The van der Waals surface area contributed by atoms with Crippen LogP contribution >= 0.6 is 0 Å². The fourth-order valence-corrected chi connectivity index (χ4v) is 1.52. The lowest BCUT2D eigenvalue weighted by molar-refractivity contribution is -0.120. The Balaban J connectivity index is 2.36. The fourth-order valence-electron chi connectivity index (χ4n) is 1.52. The van der Waals surface area contributed by atoms with E-state index in [1.165, 1.54) is 0 Å². The molecule has 3 N–H and O–H groups in total. The van der Waals surface area contributed by atoms with Crippen molar-refractivity contribution < 1.29 is 14.3 Å². The summed E-state index contributed by atoms with van der Waals surface area (Å²) in [6.45, 7) is 5.97. The molecule has 0 unspecified atom stereocenters. The number of carbonyl (C=O) groups excluding carboxylic acids is 2. The van der Waals surface area contributed by atoms with E-state index < -0.39 is 6.09 Å². The number of aryl methyl sites for hydroxylation is 2. The Kier molecular flexibility index (Phi) is 5.66. The SMILES string of the molecule is CCOC(=O)NNC(=O)CNc1ccc(C)cc1C. The van der Waals surface area contributed by atoms with Gasteiger partial charge in [-0.15, -0.1) is 0 Å². The average molecular weight is 265 g/mol. The van der Waals surface area contributed by atoms with Crippen LogP contribution in [0, 0.1) is 13.8 Å². The molecule has 6 heteroatoms. The third-order valence-corrected chi connectivity index (χ3v) is 2.40. The molecule has 104 valence electrons. The molecule has 19 heavy (non-hydrogen) atoms. The number of hydrogen-bond acceptors (Lipinski definition) is 4. The van der Waals surface area contributed by atoms with Crippen molar-refractivity contribution in [3.8, 4) is 0 Å². The molecule has 0 aliphatic rings. The van der Waals surface area contributed by atoms with Crippen molar-refractivity contribution in [2.45, 2.75) is 20.8 Å². The molecule has 6 nitrogen and oxygen atoms in total. The largest absolute Gasteiger partial charge is 0.449 e. The molecule has 1 aromatic rings. The van der Waals surface area contributed by atoms with Crippen molar-refractivity contribution in [2.24, 2.45) is 0 Å². The van der Waals surface area contributed by atoms with Crippen LogP contribution in [0.1, 0.15) is 18.1 Å². The van der Waals surface area contributed by atoms with Gasteiger partial charge in [0.1, 0.15) is 0 Å². The summed E-state index contributed by atoms with van der Waals surface area (Å²) in [7, 11) is 0. The first-order valence-corrected chi connectivity index (χ1v) is 6.05. The van der Waals surface area contributed by atoms with Crippen LogP contribution in [0.15, 0.2) is 18.2 Å². The van der Waals surface area contributed by atoms with Gasteiger partial charge >= 0.3 is 6.09 Å². The van der Waals surface area contributed by atoms with Crippen LogP contribution in [0.5, 0.6) is 0 Å². The first-order valence-electron chi connectivity index (χ1n) is 6.05. The van der Waals surface area contributed by atoms with Gasteiger partial charge in [0.05, 0.1) is 13.2 Å². The maximum Gasteiger partial charge on any atom is 0.426 e. The molecular weight excluding hydrogens is 246 g/mol. The Hall–Kier alpha value is -2.24. The van der Waals surface area contributed by atoms with Gasteiger partial charge < -0.3 is 10.1 Å². The first kappa shape index (κ1) is 14.8. The van der Waals surface area contributed by atoms with E-state index in [-0.39, 0.29) is 19.1 Å². The summed E-state index contributed by atoms with van der Waals surface area (Å²) in [5.41, 5.74) is 7.50. The van der Waals surface area contributed by atoms with Gasteiger partial charge in [0, 0.05) is 5.69 Å². The zero-order valence-electron chi connectivity index (χ0n) is 11.4. The second kappa shape index (κ2) is 7.25. The smallest absolute Gasteiger partial charge is 0.426 e. The summed E-state index contributed by atoms with van der Waals surface area (Å²) >= 11 is 0. The van der Waals surface area contributed by atoms with E-state index in [1.807, 2.05) is 32.0 Å². The molecule has 0 aliphatic heterocycles. The number of hydrogen-bond donors (Lipinski definition) is 3. The molecule has 0 atom stereocenters. The molecule has 1 aromatic carbocycles. The molecule has 0 spiro atoms. The van der Waals surface area contributed by atoms with Crippen LogP contribution in [0.25, 0.3) is 0 Å². The highest BCUT2D eigenvalue weighted by Crippen LogP contribution is 2.15. The van der Waals surface area contributed by atoms with Crippen LogP contribution in [-0.2, 0) is 9.53 Å². The van der Waals surface area contributed by atoms with Gasteiger partial charge in [-0.05, 0) is 32.4 Å². The molecule has 0 saturated heterocycles. The third kappa shape index (κ3) is 5.29. The monoisotopic (exact) mass is 265 g/mol. The molecule has 0 radical (unpaired) electrons. The van der Waals surface area contributed by atoms with Crippen LogP contribution in [0.4, 0.5) is 10.5 Å². The second-order valence-electron chi connectivity index (χ2n) is 4.07. The Morgan fingerprint density at radius 1 is 1.21 bits per heavy atom. The number of anilines is 1. The van der Waals surface area contributed by atoms with Gasteiger partial charge in [0.25, 0.3) is 5.91 Å². The molecule has 2 amide bonds. The summed E-state index contributed by atoms with van der Waals surface area (Å²) in [4.78, 5) is 22.4. The van der Waals surface area contributed by atoms with E-state index in [4.69, 9.17) is 0 Å². The highest BCUT2D eigenvalue weighted by atomic mass is 16.5. The minimum Gasteiger partial charge on any atom is -0.449 e. The molecule has 0 heterocycles. The molecule has 0 bridgehead atoms. The van der Waals surface area contributed by atoms with Crippen LogP contribution in [0.2, 0.25) is 0 Å². The summed E-state index contributed by atoms with van der Waals surface area (Å²) < 4.78 is 4.60. The minimum atomic E-state index is -0.678. The zero-order chi connectivity index (χ0) is 14.3. The van der Waals surface area contributed by atoms with E-state index in [9.17, 15) is 9.59 Å². The van der Waals surface area contributed by atoms with Gasteiger partial charge in [-0.1, -0.05) is 17.7 Å². The van der Waals surface area contributed by atoms with Crippen LogP contribution in [-0.4, -0.2) is 25.2 Å². The van der Waals surface area contributed by atoms with Crippen molar-refractivity contribution in [2.75, 3.05) is 18.5 Å². The normalized spacial score (nSPS) is 9.63. The summed E-state index contributed by atoms with van der Waals surface area (Å²) in [6, 6.07) is 5.90. The lowest BCUT2D eigenvalue weighted by Gasteiger charge is -2.11. The highest BCUT2D eigenvalue weighted by Gasteiger charge is 2.05. The lowest BCUT2D eigenvalue weighted by atomic mass is 10.1. The van der Waals surface area contributed by atoms with Crippen molar-refractivity contribution in [3.63, 3.8) is 0 Å². The molecule has 0 saturated carbocycles. The van der Waals surface area contributed by atoms with Crippen molar-refractivity contribution >= 4 is 17.7 Å². The molecule has 0 fully saturated rings. The molecule has 0 aliphatic carbocycles. The Labute approximate surface area is 112 Å². The standard InChI is InChI=1S/C13H19N3O3/c1-4-19-13(18)16-15-12(17)8-14-11-6-5-9(2)7-10(11)3/h5-7,14H,4,8H2,1-3H3,(H,15,17)(H,16,18). The van der Waals surface area contributed by atoms with Crippen molar-refractivity contribution in [1.82, 2.24) is 10.9 Å². The lowest BCUT2D eigenvalue weighted by Crippen LogP contribution is -2.44. The van der Waals surface area contributed by atoms with Crippen molar-refractivity contribution in [1.29, 1.82) is 0 Å². The molecule has 0 aromatic heterocycles. The number of ether oxygens (including phenoxy) is 1. The van der Waals surface area contributed by atoms with Crippen molar-refractivity contribution in [3.05, 3.63) is 29.3 Å². The maximum atomic E-state index is 11.5. The number of hydrazine groups is 1. The van der Waals surface area contributed by atoms with Crippen LogP contribution in [0.3, 0.4) is 0 Å². The third-order valence-electron chi connectivity index (χ3n) is 2.40.